The summed E-state index contributed by atoms with van der Waals surface area (Å²) in [6.07, 6.45) is 0. The summed E-state index contributed by atoms with van der Waals surface area (Å²) in [5, 5.41) is 9.74. The van der Waals surface area contributed by atoms with Crippen LogP contribution in [-0.2, 0) is 6.54 Å². The molecular weight excluding hydrogens is 248 g/mol. The molecule has 0 saturated heterocycles. The molecule has 0 saturated carbocycles. The van der Waals surface area contributed by atoms with Gasteiger partial charge in [-0.3, -0.25) is 0 Å². The Morgan fingerprint density at radius 3 is 2.58 bits per heavy atom. The molecule has 6 nitrogen and oxygen atoms in total. The molecule has 6 heteroatoms. The van der Waals surface area contributed by atoms with Gasteiger partial charge in [-0.2, -0.15) is 0 Å². The molecule has 0 aliphatic carbocycles. The van der Waals surface area contributed by atoms with Crippen molar-refractivity contribution in [3.63, 3.8) is 0 Å². The van der Waals surface area contributed by atoms with Crippen LogP contribution in [0.15, 0.2) is 18.2 Å². The first-order valence-corrected chi connectivity index (χ1v) is 5.59. The van der Waals surface area contributed by atoms with Gasteiger partial charge in [0.15, 0.2) is 0 Å². The summed E-state index contributed by atoms with van der Waals surface area (Å²) < 4.78 is 10.4. The minimum Gasteiger partial charge on any atom is -0.497 e. The van der Waals surface area contributed by atoms with E-state index in [-0.39, 0.29) is 12.1 Å². The van der Waals surface area contributed by atoms with Gasteiger partial charge in [-0.1, -0.05) is 0 Å². The van der Waals surface area contributed by atoms with Gasteiger partial charge in [0.2, 0.25) is 0 Å². The maximum atomic E-state index is 11.3. The predicted molar refractivity (Wildman–Crippen MR) is 69.7 cm³/mol. The topological polar surface area (TPSA) is 94.7 Å². The second-order valence-electron chi connectivity index (χ2n) is 3.90. The van der Waals surface area contributed by atoms with E-state index in [2.05, 4.69) is 4.98 Å². The van der Waals surface area contributed by atoms with Crippen LogP contribution < -0.4 is 15.2 Å². The van der Waals surface area contributed by atoms with Crippen LogP contribution in [0.25, 0.3) is 10.9 Å². The summed E-state index contributed by atoms with van der Waals surface area (Å²) in [6.45, 7) is 0.158. The van der Waals surface area contributed by atoms with E-state index in [0.29, 0.717) is 28.1 Å². The molecule has 0 atom stereocenters. The molecule has 1 aromatic carbocycles. The number of rotatable bonds is 4. The van der Waals surface area contributed by atoms with Crippen molar-refractivity contribution in [1.82, 2.24) is 4.98 Å². The number of aromatic carboxylic acids is 1. The fourth-order valence-electron chi connectivity index (χ4n) is 1.88. The lowest BCUT2D eigenvalue weighted by molar-refractivity contribution is 0.0699. The Kier molecular flexibility index (Phi) is 3.52. The van der Waals surface area contributed by atoms with Gasteiger partial charge in [0.05, 0.1) is 25.5 Å². The molecule has 3 N–H and O–H groups in total. The van der Waals surface area contributed by atoms with Gasteiger partial charge >= 0.3 is 5.97 Å². The summed E-state index contributed by atoms with van der Waals surface area (Å²) in [5.74, 6) is -0.0845. The van der Waals surface area contributed by atoms with E-state index in [9.17, 15) is 9.90 Å². The number of hydrogen-bond donors (Lipinski definition) is 2. The molecule has 19 heavy (non-hydrogen) atoms. The molecule has 0 spiro atoms. The quantitative estimate of drug-likeness (QED) is 0.865. The largest absolute Gasteiger partial charge is 0.497 e. The van der Waals surface area contributed by atoms with Crippen LogP contribution in [0.2, 0.25) is 0 Å². The van der Waals surface area contributed by atoms with Gasteiger partial charge in [-0.15, -0.1) is 0 Å². The van der Waals surface area contributed by atoms with E-state index in [0.717, 1.165) is 0 Å². The van der Waals surface area contributed by atoms with Crippen molar-refractivity contribution in [1.29, 1.82) is 0 Å². The first-order chi connectivity index (χ1) is 9.10. The second-order valence-corrected chi connectivity index (χ2v) is 3.90. The minimum absolute atomic E-state index is 0.127. The van der Waals surface area contributed by atoms with Gasteiger partial charge in [0.25, 0.3) is 0 Å². The zero-order valence-corrected chi connectivity index (χ0v) is 10.6. The van der Waals surface area contributed by atoms with Crippen LogP contribution in [0, 0.1) is 0 Å². The number of fused-ring (bicyclic) bond motifs is 1. The Hall–Kier alpha value is -2.34. The predicted octanol–water partition coefficient (Wildman–Crippen LogP) is 1.41. The molecule has 1 aromatic heterocycles. The highest BCUT2D eigenvalue weighted by atomic mass is 16.5. The monoisotopic (exact) mass is 262 g/mol. The van der Waals surface area contributed by atoms with E-state index in [1.54, 1.807) is 12.1 Å². The molecule has 0 aliphatic heterocycles. The third-order valence-electron chi connectivity index (χ3n) is 2.80. The summed E-state index contributed by atoms with van der Waals surface area (Å²) >= 11 is 0. The lowest BCUT2D eigenvalue weighted by atomic mass is 10.1. The van der Waals surface area contributed by atoms with Gasteiger partial charge < -0.3 is 20.3 Å². The number of aromatic nitrogens is 1. The number of carbonyl (C=O) groups is 1. The molecule has 0 bridgehead atoms. The highest BCUT2D eigenvalue weighted by Crippen LogP contribution is 2.32. The van der Waals surface area contributed by atoms with Crippen LogP contribution >= 0.6 is 0 Å². The molecule has 100 valence electrons. The van der Waals surface area contributed by atoms with E-state index in [1.165, 1.54) is 20.3 Å². The zero-order chi connectivity index (χ0) is 14.0. The third-order valence-corrected chi connectivity index (χ3v) is 2.80. The summed E-state index contributed by atoms with van der Waals surface area (Å²) in [4.78, 5) is 15.6. The van der Waals surface area contributed by atoms with Crippen molar-refractivity contribution in [3.8, 4) is 11.5 Å². The van der Waals surface area contributed by atoms with E-state index in [4.69, 9.17) is 15.2 Å². The van der Waals surface area contributed by atoms with Crippen molar-refractivity contribution >= 4 is 16.9 Å². The van der Waals surface area contributed by atoms with Crippen LogP contribution in [0.5, 0.6) is 11.5 Å². The van der Waals surface area contributed by atoms with Crippen molar-refractivity contribution < 1.29 is 19.4 Å². The zero-order valence-electron chi connectivity index (χ0n) is 10.6. The Labute approximate surface area is 109 Å². The van der Waals surface area contributed by atoms with Gasteiger partial charge in [0.1, 0.15) is 17.0 Å². The summed E-state index contributed by atoms with van der Waals surface area (Å²) in [6, 6.07) is 4.74. The maximum Gasteiger partial charge on any atom is 0.336 e. The van der Waals surface area contributed by atoms with Crippen LogP contribution in [0.1, 0.15) is 16.1 Å². The Morgan fingerprint density at radius 2 is 2.05 bits per heavy atom. The van der Waals surface area contributed by atoms with Crippen molar-refractivity contribution in [2.75, 3.05) is 14.2 Å². The smallest absolute Gasteiger partial charge is 0.336 e. The number of methoxy groups -OCH3 is 2. The van der Waals surface area contributed by atoms with E-state index >= 15 is 0 Å². The van der Waals surface area contributed by atoms with Crippen molar-refractivity contribution in [2.24, 2.45) is 5.73 Å². The maximum absolute atomic E-state index is 11.3. The average molecular weight is 262 g/mol. The van der Waals surface area contributed by atoms with Crippen molar-refractivity contribution in [2.45, 2.75) is 6.54 Å². The first-order valence-electron chi connectivity index (χ1n) is 5.59. The molecule has 0 amide bonds. The number of nitrogens with zero attached hydrogens (tertiary/aromatic N) is 1. The van der Waals surface area contributed by atoms with E-state index in [1.807, 2.05) is 0 Å². The number of benzene rings is 1. The molecule has 2 rings (SSSR count). The fourth-order valence-corrected chi connectivity index (χ4v) is 1.88. The van der Waals surface area contributed by atoms with Gasteiger partial charge in [-0.25, -0.2) is 9.78 Å². The molecule has 1 heterocycles. The lowest BCUT2D eigenvalue weighted by Gasteiger charge is -2.11. The molecule has 0 unspecified atom stereocenters. The number of carboxylic acids is 1. The highest BCUT2D eigenvalue weighted by Gasteiger charge is 2.16. The summed E-state index contributed by atoms with van der Waals surface area (Å²) in [5.41, 5.74) is 6.62. The number of pyridine rings is 1. The molecular formula is C13H14N2O4. The Balaban J connectivity index is 2.87. The standard InChI is InChI=1S/C13H14N2O4/c1-18-8-4-9-10(13(16)17)3-7(6-14)15-12(9)11(5-8)19-2/h3-5H,6,14H2,1-2H3,(H,16,17). The average Bonchev–Trinajstić information content (AvgIpc) is 2.44. The van der Waals surface area contributed by atoms with Crippen molar-refractivity contribution in [3.05, 3.63) is 29.5 Å². The van der Waals surface area contributed by atoms with E-state index < -0.39 is 5.97 Å². The Morgan fingerprint density at radius 1 is 1.32 bits per heavy atom. The SMILES string of the molecule is COc1cc(OC)c2nc(CN)cc(C(=O)O)c2c1. The first kappa shape index (κ1) is 13.1. The minimum atomic E-state index is -1.04. The molecule has 0 aliphatic rings. The summed E-state index contributed by atoms with van der Waals surface area (Å²) in [7, 11) is 2.99. The lowest BCUT2D eigenvalue weighted by Crippen LogP contribution is -2.06. The van der Waals surface area contributed by atoms with Crippen LogP contribution in [-0.4, -0.2) is 30.3 Å². The number of hydrogen-bond acceptors (Lipinski definition) is 5. The fraction of sp³-hybridized carbons (Fsp3) is 0.231. The van der Waals surface area contributed by atoms with Gasteiger partial charge in [0, 0.05) is 18.0 Å². The van der Waals surface area contributed by atoms with Crippen LogP contribution in [0.3, 0.4) is 0 Å². The molecule has 0 radical (unpaired) electrons. The van der Waals surface area contributed by atoms with Crippen LogP contribution in [0.4, 0.5) is 0 Å². The third kappa shape index (κ3) is 2.30. The van der Waals surface area contributed by atoms with Gasteiger partial charge in [-0.05, 0) is 12.1 Å². The molecule has 2 aromatic rings. The highest BCUT2D eigenvalue weighted by molar-refractivity contribution is 6.04. The normalized spacial score (nSPS) is 10.5. The number of carboxylic acid groups (broad SMARTS) is 1. The molecule has 0 fully saturated rings. The number of nitrogens with two attached hydrogens (primary N) is 1. The Bertz CT molecular complexity index is 640. The second kappa shape index (κ2) is 5.11. The number of ether oxygens (including phenoxy) is 2.